The number of carbonyl (C=O) groups excluding carboxylic acids is 3. The van der Waals surface area contributed by atoms with Crippen LogP contribution in [0, 0.1) is 22.7 Å². The molecule has 12 heteroatoms. The molecule has 1 heterocycles. The largest absolute Gasteiger partial charge is 0.496 e. The van der Waals surface area contributed by atoms with Crippen LogP contribution in [0.2, 0.25) is 0 Å². The molecule has 3 amide bonds. The molecular formula is C46H46N4O6S2. The summed E-state index contributed by atoms with van der Waals surface area (Å²) in [5.74, 6) is 0.381. The van der Waals surface area contributed by atoms with E-state index >= 15 is 0 Å². The summed E-state index contributed by atoms with van der Waals surface area (Å²) in [6.07, 6.45) is 4.22. The van der Waals surface area contributed by atoms with E-state index in [1.54, 1.807) is 60.7 Å². The van der Waals surface area contributed by atoms with E-state index in [0.29, 0.717) is 55.4 Å². The van der Waals surface area contributed by atoms with Gasteiger partial charge in [0, 0.05) is 32.7 Å². The maximum atomic E-state index is 14.2. The lowest BCUT2D eigenvalue weighted by Crippen LogP contribution is -2.30. The number of hydrogen-bond donors (Lipinski definition) is 3. The second kappa shape index (κ2) is 18.5. The molecule has 298 valence electrons. The first-order chi connectivity index (χ1) is 27.9. The number of carbonyl (C=O) groups is 3. The van der Waals surface area contributed by atoms with Gasteiger partial charge < -0.3 is 30.2 Å². The van der Waals surface area contributed by atoms with E-state index in [-0.39, 0.29) is 17.0 Å². The SMILES string of the molecule is COc1cc(OC)c(OC)cc1/C=C(/NC(=O)c1ccccc1)C(=O)Nc1cccc(SC(C(=O)Nc2sc3c(c2C#N)CCC(C(C)(C)C)C3)c2ccccc2)c1. The number of nitrogens with zero attached hydrogens (tertiary/aromatic N) is 1. The molecule has 58 heavy (non-hydrogen) atoms. The fourth-order valence-corrected chi connectivity index (χ4v) is 9.22. The highest BCUT2D eigenvalue weighted by molar-refractivity contribution is 8.00. The highest BCUT2D eigenvalue weighted by Crippen LogP contribution is 2.45. The Morgan fingerprint density at radius 3 is 2.19 bits per heavy atom. The molecule has 3 N–H and O–H groups in total. The van der Waals surface area contributed by atoms with Gasteiger partial charge in [0.2, 0.25) is 5.91 Å². The maximum Gasteiger partial charge on any atom is 0.272 e. The Morgan fingerprint density at radius 1 is 0.862 bits per heavy atom. The first kappa shape index (κ1) is 41.6. The smallest absolute Gasteiger partial charge is 0.272 e. The Balaban J connectivity index is 1.27. The summed E-state index contributed by atoms with van der Waals surface area (Å²) in [5, 5.41) is 18.9. The highest BCUT2D eigenvalue weighted by Gasteiger charge is 2.33. The third kappa shape index (κ3) is 9.73. The molecule has 10 nitrogen and oxygen atoms in total. The number of amides is 3. The zero-order valence-electron chi connectivity index (χ0n) is 33.3. The van der Waals surface area contributed by atoms with Gasteiger partial charge >= 0.3 is 0 Å². The molecule has 1 aliphatic carbocycles. The van der Waals surface area contributed by atoms with Gasteiger partial charge in [0.15, 0.2) is 11.5 Å². The lowest BCUT2D eigenvalue weighted by Gasteiger charge is -2.33. The van der Waals surface area contributed by atoms with Crippen molar-refractivity contribution >= 4 is 57.6 Å². The number of nitrogens with one attached hydrogen (secondary N) is 3. The summed E-state index contributed by atoms with van der Waals surface area (Å²) in [7, 11) is 4.50. The first-order valence-electron chi connectivity index (χ1n) is 18.8. The fraction of sp³-hybridized carbons (Fsp3) is 0.261. The number of rotatable bonds is 13. The van der Waals surface area contributed by atoms with Crippen LogP contribution in [-0.2, 0) is 22.4 Å². The average Bonchev–Trinajstić information content (AvgIpc) is 3.58. The van der Waals surface area contributed by atoms with Gasteiger partial charge in [0.25, 0.3) is 11.8 Å². The fourth-order valence-electron chi connectivity index (χ4n) is 6.85. The molecule has 6 rings (SSSR count). The van der Waals surface area contributed by atoms with E-state index in [1.165, 1.54) is 55.4 Å². The maximum absolute atomic E-state index is 14.2. The summed E-state index contributed by atoms with van der Waals surface area (Å²) in [6, 6.07) is 30.9. The quantitative estimate of drug-likeness (QED) is 0.0789. The van der Waals surface area contributed by atoms with E-state index in [1.807, 2.05) is 36.4 Å². The van der Waals surface area contributed by atoms with Crippen LogP contribution in [0.4, 0.5) is 10.7 Å². The second-order valence-electron chi connectivity index (χ2n) is 14.8. The normalized spacial score (nSPS) is 14.3. The molecule has 0 bridgehead atoms. The molecule has 0 spiro atoms. The molecule has 2 unspecified atom stereocenters. The monoisotopic (exact) mass is 814 g/mol. The Hall–Kier alpha value is -6.03. The van der Waals surface area contributed by atoms with Crippen LogP contribution in [0.15, 0.2) is 108 Å². The number of fused-ring (bicyclic) bond motifs is 1. The molecule has 2 atom stereocenters. The van der Waals surface area contributed by atoms with Crippen molar-refractivity contribution in [3.8, 4) is 23.3 Å². The minimum atomic E-state index is -0.682. The van der Waals surface area contributed by atoms with Gasteiger partial charge in [0.1, 0.15) is 27.8 Å². The van der Waals surface area contributed by atoms with E-state index < -0.39 is 17.1 Å². The number of anilines is 2. The number of nitriles is 1. The Morgan fingerprint density at radius 2 is 1.53 bits per heavy atom. The first-order valence-corrected chi connectivity index (χ1v) is 20.5. The summed E-state index contributed by atoms with van der Waals surface area (Å²) in [5.41, 5.74) is 3.73. The molecule has 0 saturated heterocycles. The van der Waals surface area contributed by atoms with Gasteiger partial charge in [-0.2, -0.15) is 5.26 Å². The molecular weight excluding hydrogens is 769 g/mol. The minimum absolute atomic E-state index is 0.0558. The van der Waals surface area contributed by atoms with Crippen LogP contribution in [0.25, 0.3) is 6.08 Å². The standard InChI is InChI=1S/C46H46N4O6S2/c1-46(2,3)31-20-21-34-35(27-47)45(58-40(34)24-31)50-44(53)41(28-14-9-7-10-15-28)57-33-19-13-18-32(25-33)48-43(52)36(49-42(51)29-16-11-8-12-17-29)22-30-23-38(55-5)39(56-6)26-37(30)54-4/h7-19,22-23,25-26,31,41H,20-21,24H2,1-6H3,(H,48,52)(H,49,51)(H,50,53)/b36-22+. The zero-order chi connectivity index (χ0) is 41.4. The van der Waals surface area contributed by atoms with Crippen molar-refractivity contribution < 1.29 is 28.6 Å². The number of thiophene rings is 1. The van der Waals surface area contributed by atoms with E-state index in [0.717, 1.165) is 30.4 Å². The van der Waals surface area contributed by atoms with Crippen molar-refractivity contribution in [3.05, 3.63) is 135 Å². The second-order valence-corrected chi connectivity index (χ2v) is 17.1. The van der Waals surface area contributed by atoms with Crippen molar-refractivity contribution in [3.63, 3.8) is 0 Å². The molecule has 0 saturated carbocycles. The van der Waals surface area contributed by atoms with Crippen LogP contribution in [-0.4, -0.2) is 39.1 Å². The van der Waals surface area contributed by atoms with Gasteiger partial charge in [-0.05, 0) is 84.2 Å². The van der Waals surface area contributed by atoms with Crippen LogP contribution in [0.1, 0.15) is 69.9 Å². The molecule has 0 fully saturated rings. The average molecular weight is 815 g/mol. The van der Waals surface area contributed by atoms with E-state index in [4.69, 9.17) is 14.2 Å². The van der Waals surface area contributed by atoms with Gasteiger partial charge in [-0.3, -0.25) is 14.4 Å². The third-order valence-corrected chi connectivity index (χ3v) is 12.5. The molecule has 4 aromatic carbocycles. The Bertz CT molecular complexity index is 2360. The highest BCUT2D eigenvalue weighted by atomic mass is 32.2. The molecule has 1 aromatic heterocycles. The van der Waals surface area contributed by atoms with Gasteiger partial charge in [-0.1, -0.05) is 75.4 Å². The van der Waals surface area contributed by atoms with E-state index in [9.17, 15) is 19.6 Å². The minimum Gasteiger partial charge on any atom is -0.496 e. The van der Waals surface area contributed by atoms with E-state index in [2.05, 4.69) is 42.8 Å². The van der Waals surface area contributed by atoms with Crippen molar-refractivity contribution in [2.75, 3.05) is 32.0 Å². The number of benzene rings is 4. The van der Waals surface area contributed by atoms with Crippen molar-refractivity contribution in [2.45, 2.75) is 50.2 Å². The Kier molecular flexibility index (Phi) is 13.3. The lowest BCUT2D eigenvalue weighted by molar-refractivity contribution is -0.116. The summed E-state index contributed by atoms with van der Waals surface area (Å²) in [6.45, 7) is 6.76. The molecule has 0 aliphatic heterocycles. The van der Waals surface area contributed by atoms with Crippen molar-refractivity contribution in [1.82, 2.24) is 5.32 Å². The summed E-state index contributed by atoms with van der Waals surface area (Å²) >= 11 is 2.83. The number of hydrogen-bond acceptors (Lipinski definition) is 9. The van der Waals surface area contributed by atoms with Gasteiger partial charge in [-0.15, -0.1) is 23.1 Å². The van der Waals surface area contributed by atoms with Gasteiger partial charge in [-0.25, -0.2) is 0 Å². The topological polar surface area (TPSA) is 139 Å². The third-order valence-electron chi connectivity index (χ3n) is 10.1. The Labute approximate surface area is 347 Å². The van der Waals surface area contributed by atoms with Crippen LogP contribution in [0.5, 0.6) is 17.2 Å². The number of methoxy groups -OCH3 is 3. The summed E-state index contributed by atoms with van der Waals surface area (Å²) < 4.78 is 16.5. The lowest BCUT2D eigenvalue weighted by atomic mass is 9.72. The van der Waals surface area contributed by atoms with Crippen LogP contribution >= 0.6 is 23.1 Å². The zero-order valence-corrected chi connectivity index (χ0v) is 34.9. The molecule has 0 radical (unpaired) electrons. The predicted octanol–water partition coefficient (Wildman–Crippen LogP) is 9.68. The van der Waals surface area contributed by atoms with Gasteiger partial charge in [0.05, 0.1) is 26.9 Å². The predicted molar refractivity (Wildman–Crippen MR) is 231 cm³/mol. The molecule has 1 aliphatic rings. The number of ether oxygens (including phenoxy) is 3. The van der Waals surface area contributed by atoms with Crippen LogP contribution in [0.3, 0.4) is 0 Å². The van der Waals surface area contributed by atoms with Crippen molar-refractivity contribution in [1.29, 1.82) is 5.26 Å². The number of thioether (sulfide) groups is 1. The van der Waals surface area contributed by atoms with Crippen LogP contribution < -0.4 is 30.2 Å². The molecule has 5 aromatic rings. The van der Waals surface area contributed by atoms with Crippen molar-refractivity contribution in [2.24, 2.45) is 11.3 Å². The summed E-state index contributed by atoms with van der Waals surface area (Å²) in [4.78, 5) is 43.5.